The highest BCUT2D eigenvalue weighted by Gasteiger charge is 1.87. The summed E-state index contributed by atoms with van der Waals surface area (Å²) >= 11 is 0. The summed E-state index contributed by atoms with van der Waals surface area (Å²) in [6, 6.07) is 0. The first-order chi connectivity index (χ1) is 5.41. The van der Waals surface area contributed by atoms with Gasteiger partial charge in [0, 0.05) is 13.2 Å². The Morgan fingerprint density at radius 3 is 2.73 bits per heavy atom. The van der Waals surface area contributed by atoms with Gasteiger partial charge in [-0.15, -0.1) is 0 Å². The quantitative estimate of drug-likeness (QED) is 0.413. The van der Waals surface area contributed by atoms with Crippen LogP contribution in [0, 0.1) is 0 Å². The largest absolute Gasteiger partial charge is 0.396 e. The fourth-order valence-corrected chi connectivity index (χ4v) is 0.720. The Balaban J connectivity index is 2.69. The SMILES string of the molecule is CCCCCONCCCO. The maximum atomic E-state index is 8.41. The summed E-state index contributed by atoms with van der Waals surface area (Å²) in [5, 5.41) is 8.41. The first-order valence-electron chi connectivity index (χ1n) is 4.37. The van der Waals surface area contributed by atoms with E-state index in [1.807, 2.05) is 0 Å². The zero-order valence-electron chi connectivity index (χ0n) is 7.31. The highest BCUT2D eigenvalue weighted by atomic mass is 16.6. The van der Waals surface area contributed by atoms with Gasteiger partial charge in [0.25, 0.3) is 0 Å². The number of unbranched alkanes of at least 4 members (excludes halogenated alkanes) is 2. The number of aliphatic hydroxyl groups is 1. The van der Waals surface area contributed by atoms with Crippen LogP contribution < -0.4 is 5.48 Å². The third-order valence-corrected chi connectivity index (χ3v) is 1.39. The summed E-state index contributed by atoms with van der Waals surface area (Å²) in [4.78, 5) is 5.08. The highest BCUT2D eigenvalue weighted by Crippen LogP contribution is 1.92. The molecular weight excluding hydrogens is 142 g/mol. The van der Waals surface area contributed by atoms with Crippen molar-refractivity contribution >= 4 is 0 Å². The Morgan fingerprint density at radius 1 is 1.27 bits per heavy atom. The fourth-order valence-electron chi connectivity index (χ4n) is 0.720. The fraction of sp³-hybridized carbons (Fsp3) is 1.00. The molecular formula is C8H19NO2. The molecule has 0 radical (unpaired) electrons. The Bertz CT molecular complexity index is 61.1. The Kier molecular flexibility index (Phi) is 9.77. The van der Waals surface area contributed by atoms with Gasteiger partial charge in [-0.1, -0.05) is 19.8 Å². The summed E-state index contributed by atoms with van der Waals surface area (Å²) in [5.74, 6) is 0. The number of hydroxylamine groups is 1. The molecule has 0 aromatic heterocycles. The maximum Gasteiger partial charge on any atom is 0.0682 e. The van der Waals surface area contributed by atoms with E-state index < -0.39 is 0 Å². The van der Waals surface area contributed by atoms with Gasteiger partial charge in [0.05, 0.1) is 6.61 Å². The summed E-state index contributed by atoms with van der Waals surface area (Å²) in [6.07, 6.45) is 4.32. The van der Waals surface area contributed by atoms with E-state index in [0.717, 1.165) is 26.0 Å². The molecule has 0 aromatic rings. The lowest BCUT2D eigenvalue weighted by Crippen LogP contribution is -2.17. The van der Waals surface area contributed by atoms with Crippen molar-refractivity contribution in [1.82, 2.24) is 5.48 Å². The minimum absolute atomic E-state index is 0.228. The van der Waals surface area contributed by atoms with E-state index >= 15 is 0 Å². The van der Waals surface area contributed by atoms with Gasteiger partial charge in [0.1, 0.15) is 0 Å². The van der Waals surface area contributed by atoms with Crippen LogP contribution in [0.25, 0.3) is 0 Å². The average Bonchev–Trinajstić information content (AvgIpc) is 2.03. The molecule has 3 nitrogen and oxygen atoms in total. The third kappa shape index (κ3) is 9.88. The molecule has 0 bridgehead atoms. The molecule has 11 heavy (non-hydrogen) atoms. The summed E-state index contributed by atoms with van der Waals surface area (Å²) in [6.45, 7) is 3.91. The second-order valence-corrected chi connectivity index (χ2v) is 2.53. The molecule has 0 aliphatic heterocycles. The minimum Gasteiger partial charge on any atom is -0.396 e. The number of hydrogen-bond acceptors (Lipinski definition) is 3. The van der Waals surface area contributed by atoms with Crippen molar-refractivity contribution < 1.29 is 9.94 Å². The van der Waals surface area contributed by atoms with Crippen molar-refractivity contribution in [3.63, 3.8) is 0 Å². The third-order valence-electron chi connectivity index (χ3n) is 1.39. The minimum atomic E-state index is 0.228. The number of aliphatic hydroxyl groups excluding tert-OH is 1. The van der Waals surface area contributed by atoms with Gasteiger partial charge in [-0.05, 0) is 12.8 Å². The van der Waals surface area contributed by atoms with Gasteiger partial charge in [-0.3, -0.25) is 0 Å². The lowest BCUT2D eigenvalue weighted by Gasteiger charge is -2.03. The molecule has 0 atom stereocenters. The number of hydrogen-bond donors (Lipinski definition) is 2. The lowest BCUT2D eigenvalue weighted by molar-refractivity contribution is 0.0356. The first-order valence-corrected chi connectivity index (χ1v) is 4.37. The summed E-state index contributed by atoms with van der Waals surface area (Å²) in [7, 11) is 0. The smallest absolute Gasteiger partial charge is 0.0682 e. The molecule has 0 rings (SSSR count). The Labute approximate surface area is 68.7 Å². The van der Waals surface area contributed by atoms with Gasteiger partial charge in [0.15, 0.2) is 0 Å². The second kappa shape index (κ2) is 9.88. The van der Waals surface area contributed by atoms with E-state index in [-0.39, 0.29) is 6.61 Å². The Morgan fingerprint density at radius 2 is 2.09 bits per heavy atom. The molecule has 2 N–H and O–H groups in total. The molecule has 0 fully saturated rings. The predicted molar refractivity (Wildman–Crippen MR) is 45.2 cm³/mol. The van der Waals surface area contributed by atoms with Gasteiger partial charge < -0.3 is 9.94 Å². The zero-order valence-corrected chi connectivity index (χ0v) is 7.31. The average molecular weight is 161 g/mol. The van der Waals surface area contributed by atoms with Crippen molar-refractivity contribution in [1.29, 1.82) is 0 Å². The normalized spacial score (nSPS) is 10.4. The molecule has 0 spiro atoms. The lowest BCUT2D eigenvalue weighted by atomic mass is 10.3. The van der Waals surface area contributed by atoms with Crippen molar-refractivity contribution in [2.45, 2.75) is 32.6 Å². The molecule has 0 heterocycles. The van der Waals surface area contributed by atoms with Crippen LogP contribution in [0.2, 0.25) is 0 Å². The van der Waals surface area contributed by atoms with E-state index in [0.29, 0.717) is 0 Å². The van der Waals surface area contributed by atoms with Crippen molar-refractivity contribution in [2.24, 2.45) is 0 Å². The van der Waals surface area contributed by atoms with Crippen molar-refractivity contribution in [2.75, 3.05) is 19.8 Å². The Hall–Kier alpha value is -0.120. The molecule has 0 saturated carbocycles. The van der Waals surface area contributed by atoms with Gasteiger partial charge in [-0.25, -0.2) is 5.48 Å². The molecule has 0 amide bonds. The highest BCUT2D eigenvalue weighted by molar-refractivity contribution is 4.36. The topological polar surface area (TPSA) is 41.5 Å². The molecule has 68 valence electrons. The standard InChI is InChI=1S/C8H19NO2/c1-2-3-4-8-11-9-6-5-7-10/h9-10H,2-8H2,1H3. The number of rotatable bonds is 8. The van der Waals surface area contributed by atoms with Crippen LogP contribution in [-0.2, 0) is 4.84 Å². The van der Waals surface area contributed by atoms with Crippen LogP contribution in [0.3, 0.4) is 0 Å². The van der Waals surface area contributed by atoms with Gasteiger partial charge in [0.2, 0.25) is 0 Å². The van der Waals surface area contributed by atoms with E-state index in [9.17, 15) is 0 Å². The van der Waals surface area contributed by atoms with Crippen molar-refractivity contribution in [3.8, 4) is 0 Å². The van der Waals surface area contributed by atoms with Crippen LogP contribution in [0.5, 0.6) is 0 Å². The van der Waals surface area contributed by atoms with E-state index in [4.69, 9.17) is 9.94 Å². The van der Waals surface area contributed by atoms with Crippen molar-refractivity contribution in [3.05, 3.63) is 0 Å². The number of nitrogens with one attached hydrogen (secondary N) is 1. The molecule has 0 aliphatic rings. The molecule has 0 saturated heterocycles. The van der Waals surface area contributed by atoms with Crippen LogP contribution in [0.1, 0.15) is 32.6 Å². The molecule has 0 aromatic carbocycles. The van der Waals surface area contributed by atoms with Gasteiger partial charge in [-0.2, -0.15) is 0 Å². The maximum absolute atomic E-state index is 8.41. The first kappa shape index (κ1) is 10.9. The summed E-state index contributed by atoms with van der Waals surface area (Å²) < 4.78 is 0. The molecule has 3 heteroatoms. The molecule has 0 aliphatic carbocycles. The summed E-state index contributed by atoms with van der Waals surface area (Å²) in [5.41, 5.74) is 2.79. The zero-order chi connectivity index (χ0) is 8.36. The van der Waals surface area contributed by atoms with E-state index in [2.05, 4.69) is 12.4 Å². The van der Waals surface area contributed by atoms with Crippen LogP contribution >= 0.6 is 0 Å². The second-order valence-electron chi connectivity index (χ2n) is 2.53. The van der Waals surface area contributed by atoms with Gasteiger partial charge >= 0.3 is 0 Å². The monoisotopic (exact) mass is 161 g/mol. The predicted octanol–water partition coefficient (Wildman–Crippen LogP) is 1.08. The van der Waals surface area contributed by atoms with Crippen LogP contribution in [0.15, 0.2) is 0 Å². The van der Waals surface area contributed by atoms with Crippen LogP contribution in [0.4, 0.5) is 0 Å². The van der Waals surface area contributed by atoms with E-state index in [1.165, 1.54) is 12.8 Å². The molecule has 0 unspecified atom stereocenters. The van der Waals surface area contributed by atoms with E-state index in [1.54, 1.807) is 0 Å². The van der Waals surface area contributed by atoms with Crippen LogP contribution in [-0.4, -0.2) is 24.9 Å².